The van der Waals surface area contributed by atoms with Crippen molar-refractivity contribution in [1.82, 2.24) is 0 Å². The van der Waals surface area contributed by atoms with Crippen molar-refractivity contribution in [3.05, 3.63) is 23.8 Å². The third kappa shape index (κ3) is 5.18. The van der Waals surface area contributed by atoms with Crippen LogP contribution in [-0.2, 0) is 14.6 Å². The number of benzene rings is 1. The Kier molecular flexibility index (Phi) is 4.72. The molecule has 0 aromatic heterocycles. The minimum absolute atomic E-state index is 0.0241. The fraction of sp³-hybridized carbons (Fsp3) is 0.417. The van der Waals surface area contributed by atoms with E-state index in [0.29, 0.717) is 17.8 Å². The second-order valence-electron chi connectivity index (χ2n) is 4.36. The predicted molar refractivity (Wildman–Crippen MR) is 73.2 cm³/mol. The number of aryl methyl sites for hydroxylation is 1. The average Bonchev–Trinajstić information content (AvgIpc) is 2.21. The lowest BCUT2D eigenvalue weighted by atomic mass is 10.1. The van der Waals surface area contributed by atoms with E-state index in [1.807, 2.05) is 13.0 Å². The fourth-order valence-electron chi connectivity index (χ4n) is 1.48. The zero-order chi connectivity index (χ0) is 13.8. The maximum atomic E-state index is 11.6. The number of nitrogens with two attached hydrogens (primary N) is 1. The number of carbonyl (C=O) groups is 1. The van der Waals surface area contributed by atoms with Gasteiger partial charge in [-0.3, -0.25) is 4.79 Å². The first-order valence-corrected chi connectivity index (χ1v) is 7.68. The van der Waals surface area contributed by atoms with Crippen LogP contribution in [0, 0.1) is 6.92 Å². The lowest BCUT2D eigenvalue weighted by molar-refractivity contribution is -0.116. The maximum Gasteiger partial charge on any atom is 0.224 e. The highest BCUT2D eigenvalue weighted by Gasteiger charge is 2.07. The first-order chi connectivity index (χ1) is 8.28. The highest BCUT2D eigenvalue weighted by Crippen LogP contribution is 2.18. The zero-order valence-electron chi connectivity index (χ0n) is 10.6. The topological polar surface area (TPSA) is 89.3 Å². The Labute approximate surface area is 107 Å². The number of amides is 1. The van der Waals surface area contributed by atoms with Crippen LogP contribution in [0.3, 0.4) is 0 Å². The molecule has 0 atom stereocenters. The molecule has 0 unspecified atom stereocenters. The van der Waals surface area contributed by atoms with Crippen LogP contribution in [0.15, 0.2) is 18.2 Å². The first-order valence-electron chi connectivity index (χ1n) is 5.61. The summed E-state index contributed by atoms with van der Waals surface area (Å²) in [5.41, 5.74) is 7.79. The molecule has 0 bridgehead atoms. The molecule has 1 aromatic carbocycles. The molecule has 18 heavy (non-hydrogen) atoms. The molecule has 0 heterocycles. The van der Waals surface area contributed by atoms with Crippen molar-refractivity contribution in [3.63, 3.8) is 0 Å². The highest BCUT2D eigenvalue weighted by molar-refractivity contribution is 7.90. The average molecular weight is 270 g/mol. The van der Waals surface area contributed by atoms with Crippen LogP contribution in [0.4, 0.5) is 11.4 Å². The molecule has 0 aliphatic carbocycles. The van der Waals surface area contributed by atoms with Crippen molar-refractivity contribution < 1.29 is 13.2 Å². The van der Waals surface area contributed by atoms with Crippen LogP contribution in [0.2, 0.25) is 0 Å². The third-order valence-corrected chi connectivity index (χ3v) is 3.48. The van der Waals surface area contributed by atoms with E-state index >= 15 is 0 Å². The number of hydrogen-bond acceptors (Lipinski definition) is 4. The van der Waals surface area contributed by atoms with Crippen molar-refractivity contribution in [2.45, 2.75) is 19.8 Å². The molecule has 6 heteroatoms. The largest absolute Gasteiger partial charge is 0.399 e. The highest BCUT2D eigenvalue weighted by atomic mass is 32.2. The van der Waals surface area contributed by atoms with Gasteiger partial charge >= 0.3 is 0 Å². The third-order valence-electron chi connectivity index (χ3n) is 2.45. The van der Waals surface area contributed by atoms with E-state index in [2.05, 4.69) is 5.32 Å². The van der Waals surface area contributed by atoms with E-state index < -0.39 is 9.84 Å². The van der Waals surface area contributed by atoms with Gasteiger partial charge in [-0.1, -0.05) is 6.07 Å². The Morgan fingerprint density at radius 3 is 2.67 bits per heavy atom. The summed E-state index contributed by atoms with van der Waals surface area (Å²) in [5, 5.41) is 2.72. The Morgan fingerprint density at radius 2 is 2.06 bits per heavy atom. The van der Waals surface area contributed by atoms with Gasteiger partial charge in [0.25, 0.3) is 0 Å². The second-order valence-corrected chi connectivity index (χ2v) is 6.62. The number of anilines is 2. The molecule has 0 aliphatic heterocycles. The van der Waals surface area contributed by atoms with Crippen LogP contribution in [0.1, 0.15) is 18.4 Å². The Balaban J connectivity index is 2.52. The van der Waals surface area contributed by atoms with E-state index in [9.17, 15) is 13.2 Å². The number of rotatable bonds is 5. The Hall–Kier alpha value is -1.56. The number of nitrogen functional groups attached to an aromatic ring is 1. The number of sulfone groups is 1. The van der Waals surface area contributed by atoms with E-state index in [1.54, 1.807) is 12.1 Å². The Morgan fingerprint density at radius 1 is 1.39 bits per heavy atom. The number of nitrogens with one attached hydrogen (secondary N) is 1. The molecular weight excluding hydrogens is 252 g/mol. The smallest absolute Gasteiger partial charge is 0.224 e. The summed E-state index contributed by atoms with van der Waals surface area (Å²) >= 11 is 0. The second kappa shape index (κ2) is 5.86. The standard InChI is InChI=1S/C12H18N2O3S/c1-9-5-6-10(13)8-11(9)14-12(15)4-3-7-18(2,16)17/h5-6,8H,3-4,7,13H2,1-2H3,(H,14,15). The molecule has 0 aliphatic rings. The summed E-state index contributed by atoms with van der Waals surface area (Å²) in [4.78, 5) is 11.6. The Bertz CT molecular complexity index is 538. The quantitative estimate of drug-likeness (QED) is 0.790. The monoisotopic (exact) mass is 270 g/mol. The van der Waals surface area contributed by atoms with Gasteiger partial charge < -0.3 is 11.1 Å². The molecule has 0 saturated heterocycles. The van der Waals surface area contributed by atoms with E-state index in [4.69, 9.17) is 5.73 Å². The predicted octanol–water partition coefficient (Wildman–Crippen LogP) is 1.34. The van der Waals surface area contributed by atoms with Gasteiger partial charge in [-0.05, 0) is 31.0 Å². The van der Waals surface area contributed by atoms with E-state index in [-0.39, 0.29) is 18.1 Å². The van der Waals surface area contributed by atoms with Gasteiger partial charge in [-0.25, -0.2) is 8.42 Å². The summed E-state index contributed by atoms with van der Waals surface area (Å²) < 4.78 is 21.8. The van der Waals surface area contributed by atoms with Gasteiger partial charge in [0.15, 0.2) is 0 Å². The number of hydrogen-bond donors (Lipinski definition) is 2. The van der Waals surface area contributed by atoms with Crippen LogP contribution < -0.4 is 11.1 Å². The molecule has 5 nitrogen and oxygen atoms in total. The summed E-state index contributed by atoms with van der Waals surface area (Å²) in [6.45, 7) is 1.87. The lowest BCUT2D eigenvalue weighted by Gasteiger charge is -2.09. The fourth-order valence-corrected chi connectivity index (χ4v) is 2.15. The van der Waals surface area contributed by atoms with Gasteiger partial charge in [-0.15, -0.1) is 0 Å². The normalized spacial score (nSPS) is 11.2. The van der Waals surface area contributed by atoms with Crippen LogP contribution >= 0.6 is 0 Å². The number of carbonyl (C=O) groups excluding carboxylic acids is 1. The molecule has 0 fully saturated rings. The van der Waals surface area contributed by atoms with Gasteiger partial charge in [0.1, 0.15) is 9.84 Å². The van der Waals surface area contributed by atoms with Crippen LogP contribution in [0.5, 0.6) is 0 Å². The van der Waals surface area contributed by atoms with Gasteiger partial charge in [-0.2, -0.15) is 0 Å². The molecule has 100 valence electrons. The molecule has 0 spiro atoms. The van der Waals surface area contributed by atoms with E-state index in [1.165, 1.54) is 0 Å². The van der Waals surface area contributed by atoms with Gasteiger partial charge in [0.05, 0.1) is 5.75 Å². The molecule has 0 saturated carbocycles. The van der Waals surface area contributed by atoms with Crippen LogP contribution in [-0.4, -0.2) is 26.3 Å². The molecule has 3 N–H and O–H groups in total. The molecule has 1 amide bonds. The van der Waals surface area contributed by atoms with Gasteiger partial charge in [0, 0.05) is 24.1 Å². The summed E-state index contributed by atoms with van der Waals surface area (Å²) in [5.74, 6) is -0.177. The summed E-state index contributed by atoms with van der Waals surface area (Å²) in [6.07, 6.45) is 1.67. The molecule has 0 radical (unpaired) electrons. The summed E-state index contributed by atoms with van der Waals surface area (Å²) in [7, 11) is -3.01. The SMILES string of the molecule is Cc1ccc(N)cc1NC(=O)CCCS(C)(=O)=O. The maximum absolute atomic E-state index is 11.6. The van der Waals surface area contributed by atoms with Crippen LogP contribution in [0.25, 0.3) is 0 Å². The van der Waals surface area contributed by atoms with Crippen molar-refractivity contribution in [2.75, 3.05) is 23.1 Å². The van der Waals surface area contributed by atoms with E-state index in [0.717, 1.165) is 11.8 Å². The van der Waals surface area contributed by atoms with Crippen molar-refractivity contribution in [3.8, 4) is 0 Å². The zero-order valence-corrected chi connectivity index (χ0v) is 11.4. The van der Waals surface area contributed by atoms with Crippen molar-refractivity contribution in [1.29, 1.82) is 0 Å². The molecular formula is C12H18N2O3S. The molecule has 1 rings (SSSR count). The summed E-state index contributed by atoms with van der Waals surface area (Å²) in [6, 6.07) is 5.26. The first kappa shape index (κ1) is 14.5. The van der Waals surface area contributed by atoms with Gasteiger partial charge in [0.2, 0.25) is 5.91 Å². The van der Waals surface area contributed by atoms with Crippen molar-refractivity contribution >= 4 is 27.1 Å². The minimum atomic E-state index is -3.01. The van der Waals surface area contributed by atoms with Crippen molar-refractivity contribution in [2.24, 2.45) is 0 Å². The minimum Gasteiger partial charge on any atom is -0.399 e. The lowest BCUT2D eigenvalue weighted by Crippen LogP contribution is -2.14. The molecule has 1 aromatic rings.